The molecule has 0 saturated heterocycles. The molecule has 2 aromatic carbocycles. The number of hydrogen-bond acceptors (Lipinski definition) is 8. The SMILES string of the molecule is CC(C)(C)OC(=O)N(C[C@H](Cc1ccc(C(F)(F)F)cc1)NC(=O)O)c1nnc(-c2ccc3[nH]c(=O)oc3c2)s1. The number of carbonyl (C=O) groups excluding carboxylic acids is 1. The Morgan fingerprint density at radius 3 is 2.48 bits per heavy atom. The molecule has 2 aromatic heterocycles. The lowest BCUT2D eigenvalue weighted by Crippen LogP contribution is -2.48. The minimum absolute atomic E-state index is 0.0292. The third-order valence-electron chi connectivity index (χ3n) is 5.42. The van der Waals surface area contributed by atoms with Crippen LogP contribution in [-0.2, 0) is 17.3 Å². The van der Waals surface area contributed by atoms with Gasteiger partial charge in [-0.15, -0.1) is 10.2 Å². The van der Waals surface area contributed by atoms with E-state index in [1.54, 1.807) is 39.0 Å². The van der Waals surface area contributed by atoms with Crippen molar-refractivity contribution in [3.8, 4) is 10.6 Å². The van der Waals surface area contributed by atoms with E-state index in [2.05, 4.69) is 20.5 Å². The molecule has 0 aliphatic carbocycles. The van der Waals surface area contributed by atoms with Crippen LogP contribution in [0.1, 0.15) is 31.9 Å². The maximum Gasteiger partial charge on any atom is 0.417 e. The number of nitrogens with one attached hydrogen (secondary N) is 2. The van der Waals surface area contributed by atoms with Crippen LogP contribution in [0.15, 0.2) is 51.7 Å². The van der Waals surface area contributed by atoms with Crippen molar-refractivity contribution in [3.05, 3.63) is 64.1 Å². The molecule has 0 fully saturated rings. The van der Waals surface area contributed by atoms with Gasteiger partial charge in [0.2, 0.25) is 5.13 Å². The summed E-state index contributed by atoms with van der Waals surface area (Å²) in [5.74, 6) is -0.619. The zero-order chi connectivity index (χ0) is 29.2. The summed E-state index contributed by atoms with van der Waals surface area (Å²) in [5, 5.41) is 20.4. The van der Waals surface area contributed by atoms with Crippen LogP contribution in [0.2, 0.25) is 0 Å². The number of oxazole rings is 1. The van der Waals surface area contributed by atoms with Gasteiger partial charge in [-0.2, -0.15) is 13.2 Å². The zero-order valence-electron chi connectivity index (χ0n) is 21.4. The summed E-state index contributed by atoms with van der Waals surface area (Å²) in [7, 11) is 0. The first-order chi connectivity index (χ1) is 18.7. The van der Waals surface area contributed by atoms with E-state index in [9.17, 15) is 32.7 Å². The average molecular weight is 580 g/mol. The number of nitrogens with zero attached hydrogens (tertiary/aromatic N) is 3. The van der Waals surface area contributed by atoms with E-state index >= 15 is 0 Å². The first kappa shape index (κ1) is 28.6. The normalized spacial score (nSPS) is 12.8. The Kier molecular flexibility index (Phi) is 7.86. The number of amides is 2. The number of rotatable bonds is 7. The summed E-state index contributed by atoms with van der Waals surface area (Å²) in [6.45, 7) is 4.71. The van der Waals surface area contributed by atoms with Crippen LogP contribution >= 0.6 is 11.3 Å². The molecule has 4 rings (SSSR count). The van der Waals surface area contributed by atoms with Crippen molar-refractivity contribution in [3.63, 3.8) is 0 Å². The highest BCUT2D eigenvalue weighted by molar-refractivity contribution is 7.18. The van der Waals surface area contributed by atoms with Gasteiger partial charge >= 0.3 is 24.1 Å². The molecule has 15 heteroatoms. The van der Waals surface area contributed by atoms with E-state index in [0.717, 1.165) is 28.4 Å². The molecule has 2 amide bonds. The molecule has 0 unspecified atom stereocenters. The van der Waals surface area contributed by atoms with E-state index in [4.69, 9.17) is 9.15 Å². The van der Waals surface area contributed by atoms with Crippen molar-refractivity contribution in [2.45, 2.75) is 45.0 Å². The van der Waals surface area contributed by atoms with Crippen LogP contribution in [0.3, 0.4) is 0 Å². The minimum atomic E-state index is -4.52. The monoisotopic (exact) mass is 579 g/mol. The Morgan fingerprint density at radius 2 is 1.85 bits per heavy atom. The van der Waals surface area contributed by atoms with Crippen molar-refractivity contribution in [1.29, 1.82) is 0 Å². The molecule has 4 aromatic rings. The second-order valence-electron chi connectivity index (χ2n) is 9.75. The maximum absolute atomic E-state index is 13.2. The Bertz CT molecular complexity index is 1570. The number of benzene rings is 2. The van der Waals surface area contributed by atoms with Crippen LogP contribution in [0, 0.1) is 0 Å². The fraction of sp³-hybridized carbons (Fsp3) is 0.320. The third kappa shape index (κ3) is 7.16. The molecule has 1 atom stereocenters. The second kappa shape index (κ2) is 11.0. The number of alkyl halides is 3. The number of fused-ring (bicyclic) bond motifs is 1. The summed E-state index contributed by atoms with van der Waals surface area (Å²) in [6.07, 6.45) is -6.76. The van der Waals surface area contributed by atoms with Crippen molar-refractivity contribution >= 4 is 39.8 Å². The Hall–Kier alpha value is -4.40. The molecule has 40 heavy (non-hydrogen) atoms. The number of H-pyrrole nitrogens is 1. The summed E-state index contributed by atoms with van der Waals surface area (Å²) in [6, 6.07) is 8.23. The number of ether oxygens (including phenoxy) is 1. The van der Waals surface area contributed by atoms with E-state index < -0.39 is 41.3 Å². The van der Waals surface area contributed by atoms with Crippen molar-refractivity contribution < 1.29 is 37.0 Å². The fourth-order valence-corrected chi connectivity index (χ4v) is 4.58. The molecule has 0 radical (unpaired) electrons. The summed E-state index contributed by atoms with van der Waals surface area (Å²) in [4.78, 5) is 39.9. The van der Waals surface area contributed by atoms with E-state index in [1.807, 2.05) is 0 Å². The van der Waals surface area contributed by atoms with E-state index in [-0.39, 0.29) is 18.1 Å². The number of anilines is 1. The summed E-state index contributed by atoms with van der Waals surface area (Å²) >= 11 is 1.01. The average Bonchev–Trinajstić information content (AvgIpc) is 3.46. The molecule has 11 nitrogen and oxygen atoms in total. The van der Waals surface area contributed by atoms with Gasteiger partial charge in [-0.05, 0) is 63.1 Å². The van der Waals surface area contributed by atoms with Gasteiger partial charge in [0.1, 0.15) is 10.6 Å². The number of aromatic amines is 1. The molecule has 0 aliphatic rings. The minimum Gasteiger partial charge on any atom is -0.465 e. The van der Waals surface area contributed by atoms with Gasteiger partial charge in [-0.1, -0.05) is 23.5 Å². The largest absolute Gasteiger partial charge is 0.465 e. The summed E-state index contributed by atoms with van der Waals surface area (Å²) in [5.41, 5.74) is 0.00408. The molecule has 3 N–H and O–H groups in total. The van der Waals surface area contributed by atoms with E-state index in [0.29, 0.717) is 27.2 Å². The van der Waals surface area contributed by atoms with Gasteiger partial charge in [-0.25, -0.2) is 19.3 Å². The number of halogens is 3. The molecule has 212 valence electrons. The first-order valence-electron chi connectivity index (χ1n) is 11.8. The molecular formula is C25H24F3N5O6S. The van der Waals surface area contributed by atoms with Gasteiger partial charge < -0.3 is 19.6 Å². The van der Waals surface area contributed by atoms with Crippen LogP contribution in [0.4, 0.5) is 27.9 Å². The van der Waals surface area contributed by atoms with Crippen LogP contribution in [-0.4, -0.2) is 50.7 Å². The highest BCUT2D eigenvalue weighted by Crippen LogP contribution is 2.32. The van der Waals surface area contributed by atoms with Crippen LogP contribution in [0.5, 0.6) is 0 Å². The van der Waals surface area contributed by atoms with E-state index in [1.165, 1.54) is 12.1 Å². The molecule has 0 spiro atoms. The zero-order valence-corrected chi connectivity index (χ0v) is 22.2. The Balaban J connectivity index is 1.63. The fourth-order valence-electron chi connectivity index (χ4n) is 3.74. The quantitative estimate of drug-likeness (QED) is 0.268. The lowest BCUT2D eigenvalue weighted by Gasteiger charge is -2.28. The third-order valence-corrected chi connectivity index (χ3v) is 6.42. The number of hydrogen-bond donors (Lipinski definition) is 3. The van der Waals surface area contributed by atoms with Crippen molar-refractivity contribution in [2.75, 3.05) is 11.4 Å². The predicted octanol–water partition coefficient (Wildman–Crippen LogP) is 5.28. The van der Waals surface area contributed by atoms with Gasteiger partial charge in [-0.3, -0.25) is 4.98 Å². The molecule has 2 heterocycles. The Labute approximate surface area is 228 Å². The molecule has 0 aliphatic heterocycles. The standard InChI is InChI=1S/C25H24F3N5O6S/c1-24(2,3)39-23(37)33(12-16(29-21(34)35)10-13-4-7-15(8-5-13)25(26,27)28)20-32-31-19(40-20)14-6-9-17-18(11-14)38-22(36)30-17/h4-9,11,16,29H,10,12H2,1-3H3,(H,30,36)(H,34,35)/t16-/m0/s1. The first-order valence-corrected chi connectivity index (χ1v) is 12.6. The van der Waals surface area contributed by atoms with Gasteiger partial charge in [0, 0.05) is 5.56 Å². The summed E-state index contributed by atoms with van der Waals surface area (Å²) < 4.78 is 49.5. The van der Waals surface area contributed by atoms with Crippen molar-refractivity contribution in [1.82, 2.24) is 20.5 Å². The number of aromatic nitrogens is 3. The Morgan fingerprint density at radius 1 is 1.15 bits per heavy atom. The van der Waals surface area contributed by atoms with Crippen molar-refractivity contribution in [2.24, 2.45) is 0 Å². The predicted molar refractivity (Wildman–Crippen MR) is 139 cm³/mol. The topological polar surface area (TPSA) is 151 Å². The van der Waals surface area contributed by atoms with Crippen LogP contribution in [0.25, 0.3) is 21.7 Å². The second-order valence-corrected chi connectivity index (χ2v) is 10.7. The maximum atomic E-state index is 13.2. The lowest BCUT2D eigenvalue weighted by molar-refractivity contribution is -0.137. The molecular weight excluding hydrogens is 555 g/mol. The number of carbonyl (C=O) groups is 2. The van der Waals surface area contributed by atoms with Gasteiger partial charge in [0.25, 0.3) is 0 Å². The lowest BCUT2D eigenvalue weighted by atomic mass is 10.0. The highest BCUT2D eigenvalue weighted by atomic mass is 32.1. The van der Waals surface area contributed by atoms with Crippen LogP contribution < -0.4 is 16.0 Å². The van der Waals surface area contributed by atoms with Gasteiger partial charge in [0.05, 0.1) is 23.7 Å². The van der Waals surface area contributed by atoms with Gasteiger partial charge in [0.15, 0.2) is 5.58 Å². The highest BCUT2D eigenvalue weighted by Gasteiger charge is 2.31. The number of carboxylic acid groups (broad SMARTS) is 1. The molecule has 0 bridgehead atoms. The molecule has 0 saturated carbocycles. The smallest absolute Gasteiger partial charge is 0.417 e.